The van der Waals surface area contributed by atoms with Gasteiger partial charge in [0.2, 0.25) is 12.0 Å². The average molecular weight is 507 g/mol. The Labute approximate surface area is 215 Å². The zero-order valence-electron chi connectivity index (χ0n) is 21.0. The number of nitrogens with one attached hydrogen (secondary N) is 1. The maximum Gasteiger partial charge on any atom is 0.272 e. The normalized spacial score (nSPS) is 18.2. The molecule has 0 bridgehead atoms. The van der Waals surface area contributed by atoms with Crippen molar-refractivity contribution >= 4 is 17.5 Å². The lowest BCUT2D eigenvalue weighted by Gasteiger charge is -2.36. The largest absolute Gasteiger partial charge is 0.485 e. The monoisotopic (exact) mass is 506 g/mol. The minimum Gasteiger partial charge on any atom is -0.485 e. The second kappa shape index (κ2) is 10.6. The number of rotatable bonds is 6. The number of benzene rings is 2. The summed E-state index contributed by atoms with van der Waals surface area (Å²) in [7, 11) is 1.77. The topological polar surface area (TPSA) is 85.7 Å². The van der Waals surface area contributed by atoms with Crippen LogP contribution in [0.4, 0.5) is 10.1 Å². The summed E-state index contributed by atoms with van der Waals surface area (Å²) in [6.45, 7) is 1.79. The van der Waals surface area contributed by atoms with Crippen molar-refractivity contribution in [1.82, 2.24) is 15.1 Å². The fraction of sp³-hybridized carbons (Fsp3) is 0.393. The molecular formula is C28H31FN4O4. The second-order valence-corrected chi connectivity index (χ2v) is 9.64. The lowest BCUT2D eigenvalue weighted by Crippen LogP contribution is -2.52. The molecule has 0 saturated heterocycles. The Hall–Kier alpha value is -3.88. The summed E-state index contributed by atoms with van der Waals surface area (Å²) in [4.78, 5) is 29.5. The van der Waals surface area contributed by atoms with E-state index in [0.717, 1.165) is 32.1 Å². The second-order valence-electron chi connectivity index (χ2n) is 9.64. The highest BCUT2D eigenvalue weighted by Crippen LogP contribution is 2.35. The molecule has 1 N–H and O–H groups in total. The molecule has 2 amide bonds. The number of hydrogen-bond acceptors (Lipinski definition) is 5. The van der Waals surface area contributed by atoms with Crippen LogP contribution in [0.25, 0.3) is 0 Å². The number of anilines is 1. The van der Waals surface area contributed by atoms with Crippen molar-refractivity contribution in [1.29, 1.82) is 0 Å². The highest BCUT2D eigenvalue weighted by atomic mass is 19.1. The molecule has 2 unspecified atom stereocenters. The van der Waals surface area contributed by atoms with E-state index in [4.69, 9.17) is 9.47 Å². The number of amides is 2. The van der Waals surface area contributed by atoms with Gasteiger partial charge < -0.3 is 14.8 Å². The molecule has 8 nitrogen and oxygen atoms in total. The Morgan fingerprint density at radius 3 is 2.46 bits per heavy atom. The maximum absolute atomic E-state index is 14.1. The molecule has 2 aliphatic rings. The van der Waals surface area contributed by atoms with E-state index in [1.807, 2.05) is 6.07 Å². The molecule has 3 aromatic rings. The van der Waals surface area contributed by atoms with Crippen molar-refractivity contribution in [2.75, 3.05) is 11.5 Å². The number of ether oxygens (including phenoxy) is 2. The Morgan fingerprint density at radius 2 is 1.78 bits per heavy atom. The number of fused-ring (bicyclic) bond motifs is 1. The Balaban J connectivity index is 1.55. The molecule has 2 atom stereocenters. The molecule has 5 rings (SSSR count). The van der Waals surface area contributed by atoms with E-state index < -0.39 is 23.9 Å². The molecule has 9 heteroatoms. The van der Waals surface area contributed by atoms with Crippen molar-refractivity contribution in [2.45, 2.75) is 57.2 Å². The number of carbonyl (C=O) groups excluding carboxylic acids is 2. The van der Waals surface area contributed by atoms with Crippen LogP contribution < -0.4 is 19.7 Å². The number of carbonyl (C=O) groups is 2. The Morgan fingerprint density at radius 1 is 1.08 bits per heavy atom. The summed E-state index contributed by atoms with van der Waals surface area (Å²) >= 11 is 0. The van der Waals surface area contributed by atoms with Gasteiger partial charge in [-0.3, -0.25) is 19.2 Å². The molecule has 0 radical (unpaired) electrons. The molecule has 1 fully saturated rings. The third-order valence-electron chi connectivity index (χ3n) is 6.93. The van der Waals surface area contributed by atoms with Crippen LogP contribution in [0.3, 0.4) is 0 Å². The van der Waals surface area contributed by atoms with Crippen molar-refractivity contribution in [3.05, 3.63) is 71.8 Å². The molecular weight excluding hydrogens is 475 g/mol. The van der Waals surface area contributed by atoms with E-state index in [0.29, 0.717) is 28.4 Å². The summed E-state index contributed by atoms with van der Waals surface area (Å²) in [5, 5.41) is 7.61. The number of hydrogen-bond donors (Lipinski definition) is 1. The van der Waals surface area contributed by atoms with Crippen LogP contribution in [0.15, 0.2) is 54.7 Å². The van der Waals surface area contributed by atoms with Crippen LogP contribution in [0.5, 0.6) is 11.5 Å². The fourth-order valence-electron chi connectivity index (χ4n) is 5.11. The van der Waals surface area contributed by atoms with Crippen LogP contribution in [0.1, 0.15) is 49.4 Å². The summed E-state index contributed by atoms with van der Waals surface area (Å²) in [5.74, 6) is -0.212. The smallest absolute Gasteiger partial charge is 0.272 e. The minimum absolute atomic E-state index is 0.0173. The SMILES string of the molecule is Cc1nn(C)cc1C(C(=O)NC1CCCCC1)N(C(=O)C1COc2ccccc2O1)c1ccc(F)cc1. The van der Waals surface area contributed by atoms with Gasteiger partial charge in [0.1, 0.15) is 18.5 Å². The number of aromatic nitrogens is 2. The van der Waals surface area contributed by atoms with Gasteiger partial charge in [0.15, 0.2) is 11.5 Å². The molecule has 0 spiro atoms. The van der Waals surface area contributed by atoms with E-state index in [-0.39, 0.29) is 18.6 Å². The molecule has 1 aromatic heterocycles. The zero-order valence-corrected chi connectivity index (χ0v) is 21.0. The number of halogens is 1. The average Bonchev–Trinajstić information content (AvgIpc) is 3.24. The van der Waals surface area contributed by atoms with E-state index in [9.17, 15) is 14.0 Å². The van der Waals surface area contributed by atoms with Gasteiger partial charge in [-0.15, -0.1) is 0 Å². The Kier molecular flexibility index (Phi) is 7.12. The van der Waals surface area contributed by atoms with Crippen LogP contribution in [-0.4, -0.2) is 40.3 Å². The molecule has 1 saturated carbocycles. The van der Waals surface area contributed by atoms with Gasteiger partial charge in [-0.25, -0.2) is 4.39 Å². The van der Waals surface area contributed by atoms with Crippen LogP contribution >= 0.6 is 0 Å². The predicted molar refractivity (Wildman–Crippen MR) is 136 cm³/mol. The van der Waals surface area contributed by atoms with Crippen molar-refractivity contribution in [2.24, 2.45) is 7.05 Å². The van der Waals surface area contributed by atoms with Gasteiger partial charge in [0, 0.05) is 30.5 Å². The molecule has 2 heterocycles. The minimum atomic E-state index is -1.03. The lowest BCUT2D eigenvalue weighted by molar-refractivity contribution is -0.132. The van der Waals surface area contributed by atoms with E-state index in [1.54, 1.807) is 43.0 Å². The fourth-order valence-corrected chi connectivity index (χ4v) is 5.11. The first-order chi connectivity index (χ1) is 17.9. The van der Waals surface area contributed by atoms with Gasteiger partial charge in [-0.1, -0.05) is 31.4 Å². The van der Waals surface area contributed by atoms with Gasteiger partial charge in [0.25, 0.3) is 5.91 Å². The predicted octanol–water partition coefficient (Wildman–Crippen LogP) is 4.23. The Bertz CT molecular complexity index is 1270. The van der Waals surface area contributed by atoms with Crippen LogP contribution in [0.2, 0.25) is 0 Å². The van der Waals surface area contributed by atoms with Crippen LogP contribution in [0, 0.1) is 12.7 Å². The lowest BCUT2D eigenvalue weighted by atomic mass is 9.94. The van der Waals surface area contributed by atoms with Gasteiger partial charge in [-0.2, -0.15) is 5.10 Å². The molecule has 194 valence electrons. The standard InChI is InChI=1S/C28H31FN4O4/c1-18-22(16-32(2)31-18)26(27(34)30-20-8-4-3-5-9-20)33(21-14-12-19(29)13-15-21)28(35)25-17-36-23-10-6-7-11-24(23)37-25/h6-7,10-16,20,25-26H,3-5,8-9,17H2,1-2H3,(H,30,34). The van der Waals surface area contributed by atoms with Gasteiger partial charge in [0.05, 0.1) is 5.69 Å². The van der Waals surface area contributed by atoms with E-state index in [2.05, 4.69) is 10.4 Å². The van der Waals surface area contributed by atoms with E-state index >= 15 is 0 Å². The third kappa shape index (κ3) is 5.30. The summed E-state index contributed by atoms with van der Waals surface area (Å²) in [6.07, 6.45) is 5.79. The summed E-state index contributed by atoms with van der Waals surface area (Å²) < 4.78 is 27.3. The summed E-state index contributed by atoms with van der Waals surface area (Å²) in [5.41, 5.74) is 1.59. The van der Waals surface area contributed by atoms with Crippen LogP contribution in [-0.2, 0) is 16.6 Å². The molecule has 2 aromatic carbocycles. The van der Waals surface area contributed by atoms with Gasteiger partial charge in [-0.05, 0) is 56.2 Å². The summed E-state index contributed by atoms with van der Waals surface area (Å²) in [6, 6.07) is 11.7. The number of nitrogens with zero attached hydrogens (tertiary/aromatic N) is 3. The highest BCUT2D eigenvalue weighted by Gasteiger charge is 2.41. The number of aryl methyl sites for hydroxylation is 2. The molecule has 37 heavy (non-hydrogen) atoms. The molecule has 1 aliphatic carbocycles. The van der Waals surface area contributed by atoms with Gasteiger partial charge >= 0.3 is 0 Å². The van der Waals surface area contributed by atoms with E-state index in [1.165, 1.54) is 29.2 Å². The highest BCUT2D eigenvalue weighted by molar-refractivity contribution is 6.03. The first kappa shape index (κ1) is 24.8. The van der Waals surface area contributed by atoms with Crippen molar-refractivity contribution in [3.8, 4) is 11.5 Å². The van der Waals surface area contributed by atoms with Crippen molar-refractivity contribution in [3.63, 3.8) is 0 Å². The maximum atomic E-state index is 14.1. The van der Waals surface area contributed by atoms with Crippen molar-refractivity contribution < 1.29 is 23.5 Å². The number of para-hydroxylation sites is 2. The zero-order chi connectivity index (χ0) is 25.9. The molecule has 1 aliphatic heterocycles. The third-order valence-corrected chi connectivity index (χ3v) is 6.93. The first-order valence-corrected chi connectivity index (χ1v) is 12.7. The first-order valence-electron chi connectivity index (χ1n) is 12.7. The quantitative estimate of drug-likeness (QED) is 0.541.